The summed E-state index contributed by atoms with van der Waals surface area (Å²) in [7, 11) is 3.79. The highest BCUT2D eigenvalue weighted by Crippen LogP contribution is 2.27. The number of rotatable bonds is 6. The Balaban J connectivity index is 2.00. The SMILES string of the molecule is CNCc1cc(C)c(OCC(=O)N(C)C2CC2)c(C)c1. The molecule has 20 heavy (non-hydrogen) atoms. The van der Waals surface area contributed by atoms with E-state index in [0.717, 1.165) is 36.3 Å². The fourth-order valence-electron chi connectivity index (χ4n) is 2.48. The first-order valence-corrected chi connectivity index (χ1v) is 7.16. The second kappa shape index (κ2) is 6.27. The lowest BCUT2D eigenvalue weighted by atomic mass is 10.1. The Morgan fingerprint density at radius 2 is 1.95 bits per heavy atom. The maximum atomic E-state index is 12.0. The molecule has 1 aliphatic rings. The van der Waals surface area contributed by atoms with Gasteiger partial charge in [-0.1, -0.05) is 12.1 Å². The second-order valence-corrected chi connectivity index (χ2v) is 5.61. The predicted octanol–water partition coefficient (Wildman–Crippen LogP) is 2.02. The highest BCUT2D eigenvalue weighted by Gasteiger charge is 2.29. The summed E-state index contributed by atoms with van der Waals surface area (Å²) >= 11 is 0. The van der Waals surface area contributed by atoms with E-state index in [-0.39, 0.29) is 12.5 Å². The number of ether oxygens (including phenoxy) is 1. The van der Waals surface area contributed by atoms with Crippen molar-refractivity contribution in [2.45, 2.75) is 39.3 Å². The Hall–Kier alpha value is -1.55. The summed E-state index contributed by atoms with van der Waals surface area (Å²) in [4.78, 5) is 13.8. The molecule has 0 aromatic heterocycles. The number of aryl methyl sites for hydroxylation is 2. The van der Waals surface area contributed by atoms with Gasteiger partial charge in [-0.2, -0.15) is 0 Å². The first-order chi connectivity index (χ1) is 9.52. The monoisotopic (exact) mass is 276 g/mol. The van der Waals surface area contributed by atoms with Crippen LogP contribution in [0.5, 0.6) is 5.75 Å². The van der Waals surface area contributed by atoms with Crippen LogP contribution in [-0.2, 0) is 11.3 Å². The van der Waals surface area contributed by atoms with Gasteiger partial charge in [-0.15, -0.1) is 0 Å². The van der Waals surface area contributed by atoms with E-state index >= 15 is 0 Å². The third kappa shape index (κ3) is 3.51. The van der Waals surface area contributed by atoms with Gasteiger partial charge in [0.05, 0.1) is 0 Å². The zero-order valence-electron chi connectivity index (χ0n) is 12.8. The molecule has 4 nitrogen and oxygen atoms in total. The average Bonchev–Trinajstić information content (AvgIpc) is 3.21. The molecule has 0 saturated heterocycles. The Morgan fingerprint density at radius 3 is 2.45 bits per heavy atom. The van der Waals surface area contributed by atoms with E-state index in [1.54, 1.807) is 4.90 Å². The molecule has 1 fully saturated rings. The molecule has 0 aliphatic heterocycles. The number of hydrogen-bond donors (Lipinski definition) is 1. The van der Waals surface area contributed by atoms with Crippen LogP contribution in [0.15, 0.2) is 12.1 Å². The Labute approximate surface area is 121 Å². The highest BCUT2D eigenvalue weighted by molar-refractivity contribution is 5.78. The number of hydrogen-bond acceptors (Lipinski definition) is 3. The Bertz CT molecular complexity index is 472. The minimum Gasteiger partial charge on any atom is -0.483 e. The molecule has 1 aromatic rings. The maximum Gasteiger partial charge on any atom is 0.260 e. The van der Waals surface area contributed by atoms with Crippen LogP contribution in [0, 0.1) is 13.8 Å². The van der Waals surface area contributed by atoms with Crippen molar-refractivity contribution < 1.29 is 9.53 Å². The lowest BCUT2D eigenvalue weighted by molar-refractivity contribution is -0.132. The minimum absolute atomic E-state index is 0.0607. The molecule has 1 aliphatic carbocycles. The van der Waals surface area contributed by atoms with E-state index in [1.807, 2.05) is 27.9 Å². The van der Waals surface area contributed by atoms with Crippen LogP contribution < -0.4 is 10.1 Å². The summed E-state index contributed by atoms with van der Waals surface area (Å²) in [5.41, 5.74) is 3.39. The van der Waals surface area contributed by atoms with Gasteiger partial charge in [0.15, 0.2) is 6.61 Å². The molecule has 2 rings (SSSR count). The number of amides is 1. The van der Waals surface area contributed by atoms with Gasteiger partial charge in [0.25, 0.3) is 5.91 Å². The van der Waals surface area contributed by atoms with Crippen molar-refractivity contribution in [3.05, 3.63) is 28.8 Å². The van der Waals surface area contributed by atoms with Gasteiger partial charge in [0.2, 0.25) is 0 Å². The molecule has 0 atom stereocenters. The fourth-order valence-corrected chi connectivity index (χ4v) is 2.48. The Morgan fingerprint density at radius 1 is 1.35 bits per heavy atom. The molecule has 0 unspecified atom stereocenters. The van der Waals surface area contributed by atoms with Crippen LogP contribution in [0.2, 0.25) is 0 Å². The van der Waals surface area contributed by atoms with Gasteiger partial charge in [0, 0.05) is 19.6 Å². The number of nitrogens with zero attached hydrogens (tertiary/aromatic N) is 1. The van der Waals surface area contributed by atoms with Gasteiger partial charge in [-0.3, -0.25) is 4.79 Å². The van der Waals surface area contributed by atoms with Gasteiger partial charge >= 0.3 is 0 Å². The molecule has 1 N–H and O–H groups in total. The zero-order chi connectivity index (χ0) is 14.7. The van der Waals surface area contributed by atoms with Crippen molar-refractivity contribution in [1.82, 2.24) is 10.2 Å². The second-order valence-electron chi connectivity index (χ2n) is 5.61. The van der Waals surface area contributed by atoms with E-state index in [0.29, 0.717) is 6.04 Å². The van der Waals surface area contributed by atoms with Gasteiger partial charge < -0.3 is 15.0 Å². The lowest BCUT2D eigenvalue weighted by Gasteiger charge is -2.18. The summed E-state index contributed by atoms with van der Waals surface area (Å²) in [5.74, 6) is 0.896. The lowest BCUT2D eigenvalue weighted by Crippen LogP contribution is -2.33. The summed E-state index contributed by atoms with van der Waals surface area (Å²) in [6, 6.07) is 4.65. The smallest absolute Gasteiger partial charge is 0.260 e. The molecule has 0 radical (unpaired) electrons. The van der Waals surface area contributed by atoms with E-state index in [1.165, 1.54) is 5.56 Å². The first kappa shape index (κ1) is 14.9. The fraction of sp³-hybridized carbons (Fsp3) is 0.562. The summed E-state index contributed by atoms with van der Waals surface area (Å²) < 4.78 is 5.75. The molecule has 1 amide bonds. The van der Waals surface area contributed by atoms with Crippen molar-refractivity contribution in [2.75, 3.05) is 20.7 Å². The van der Waals surface area contributed by atoms with Crippen LogP contribution in [0.25, 0.3) is 0 Å². The van der Waals surface area contributed by atoms with E-state index < -0.39 is 0 Å². The van der Waals surface area contributed by atoms with Gasteiger partial charge in [0.1, 0.15) is 5.75 Å². The van der Waals surface area contributed by atoms with Crippen LogP contribution in [-0.4, -0.2) is 37.6 Å². The van der Waals surface area contributed by atoms with Gasteiger partial charge in [-0.05, 0) is 50.4 Å². The first-order valence-electron chi connectivity index (χ1n) is 7.16. The molecule has 0 heterocycles. The Kier molecular flexibility index (Phi) is 4.65. The topological polar surface area (TPSA) is 41.6 Å². The quantitative estimate of drug-likeness (QED) is 0.864. The van der Waals surface area contributed by atoms with Crippen molar-refractivity contribution in [3.63, 3.8) is 0 Å². The van der Waals surface area contributed by atoms with Crippen LogP contribution >= 0.6 is 0 Å². The molecule has 110 valence electrons. The van der Waals surface area contributed by atoms with Crippen LogP contribution in [0.3, 0.4) is 0 Å². The normalized spacial score (nSPS) is 14.2. The van der Waals surface area contributed by atoms with Crippen molar-refractivity contribution in [1.29, 1.82) is 0 Å². The summed E-state index contributed by atoms with van der Waals surface area (Å²) in [5, 5.41) is 3.14. The number of nitrogens with one attached hydrogen (secondary N) is 1. The summed E-state index contributed by atoms with van der Waals surface area (Å²) in [6.45, 7) is 5.01. The number of benzene rings is 1. The average molecular weight is 276 g/mol. The van der Waals surface area contributed by atoms with Crippen molar-refractivity contribution >= 4 is 5.91 Å². The molecule has 1 aromatic carbocycles. The van der Waals surface area contributed by atoms with E-state index in [2.05, 4.69) is 17.4 Å². The maximum absolute atomic E-state index is 12.0. The summed E-state index contributed by atoms with van der Waals surface area (Å²) in [6.07, 6.45) is 2.25. The number of likely N-dealkylation sites (N-methyl/N-ethyl adjacent to an activating group) is 1. The number of carbonyl (C=O) groups is 1. The largest absolute Gasteiger partial charge is 0.483 e. The molecule has 1 saturated carbocycles. The van der Waals surface area contributed by atoms with Gasteiger partial charge in [-0.25, -0.2) is 0 Å². The van der Waals surface area contributed by atoms with Crippen molar-refractivity contribution in [2.24, 2.45) is 0 Å². The minimum atomic E-state index is 0.0607. The van der Waals surface area contributed by atoms with E-state index in [4.69, 9.17) is 4.74 Å². The third-order valence-corrected chi connectivity index (χ3v) is 3.73. The van der Waals surface area contributed by atoms with Crippen LogP contribution in [0.4, 0.5) is 0 Å². The van der Waals surface area contributed by atoms with Crippen LogP contribution in [0.1, 0.15) is 29.5 Å². The third-order valence-electron chi connectivity index (χ3n) is 3.73. The van der Waals surface area contributed by atoms with Crippen molar-refractivity contribution in [3.8, 4) is 5.75 Å². The molecule has 0 spiro atoms. The highest BCUT2D eigenvalue weighted by atomic mass is 16.5. The molecular formula is C16H24N2O2. The molecular weight excluding hydrogens is 252 g/mol. The predicted molar refractivity (Wildman–Crippen MR) is 80.0 cm³/mol. The molecule has 4 heteroatoms. The standard InChI is InChI=1S/C16H24N2O2/c1-11-7-13(9-17-3)8-12(2)16(11)20-10-15(19)18(4)14-5-6-14/h7-8,14,17H,5-6,9-10H2,1-4H3. The van der Waals surface area contributed by atoms with E-state index in [9.17, 15) is 4.79 Å². The molecule has 0 bridgehead atoms. The number of carbonyl (C=O) groups excluding carboxylic acids is 1. The zero-order valence-corrected chi connectivity index (χ0v) is 12.8.